The molecule has 0 spiro atoms. The molecule has 0 aromatic heterocycles. The van der Waals surface area contributed by atoms with Crippen molar-refractivity contribution in [1.82, 2.24) is 0 Å². The zero-order valence-electron chi connectivity index (χ0n) is 15.9. The summed E-state index contributed by atoms with van der Waals surface area (Å²) >= 11 is 0. The van der Waals surface area contributed by atoms with Crippen LogP contribution in [0.25, 0.3) is 0 Å². The van der Waals surface area contributed by atoms with Crippen molar-refractivity contribution in [2.75, 3.05) is 24.7 Å². The molecule has 2 rings (SSSR count). The standard InChI is InChI=1S/C19H22O9S2/c20-19(15-3-7-17(8-4-15)27-11-1-13-29(21,22)23)16-5-9-18(10-6-16)28-12-2-14-30(24,25)26/h3-10H,1-2,11-14H2,(H,21,22,23)(H,24,25,26). The van der Waals surface area contributed by atoms with E-state index in [0.717, 1.165) is 0 Å². The van der Waals surface area contributed by atoms with Crippen molar-refractivity contribution in [1.29, 1.82) is 0 Å². The SMILES string of the molecule is O=C(c1ccc(OCCCS(=O)(=O)O)cc1)c1ccc(OCCCS(=O)(=O)O)cc1. The largest absolute Gasteiger partial charge is 0.494 e. The normalized spacial score (nSPS) is 11.8. The molecule has 0 aliphatic rings. The lowest BCUT2D eigenvalue weighted by Gasteiger charge is -2.08. The Morgan fingerprint density at radius 1 is 0.667 bits per heavy atom. The van der Waals surface area contributed by atoms with Crippen LogP contribution in [0.15, 0.2) is 48.5 Å². The maximum atomic E-state index is 12.5. The van der Waals surface area contributed by atoms with Gasteiger partial charge in [-0.25, -0.2) is 0 Å². The van der Waals surface area contributed by atoms with E-state index in [4.69, 9.17) is 18.6 Å². The number of hydrogen-bond acceptors (Lipinski definition) is 7. The number of benzene rings is 2. The molecule has 0 unspecified atom stereocenters. The highest BCUT2D eigenvalue weighted by molar-refractivity contribution is 7.86. The fourth-order valence-corrected chi connectivity index (χ4v) is 3.40. The molecule has 0 atom stereocenters. The Hall–Kier alpha value is -2.47. The minimum absolute atomic E-state index is 0.110. The molecule has 2 N–H and O–H groups in total. The Labute approximate surface area is 175 Å². The molecule has 0 fully saturated rings. The van der Waals surface area contributed by atoms with Crippen LogP contribution in [0, 0.1) is 0 Å². The minimum atomic E-state index is -4.01. The summed E-state index contributed by atoms with van der Waals surface area (Å²) in [7, 11) is -8.02. The van der Waals surface area contributed by atoms with Crippen LogP contribution in [0.3, 0.4) is 0 Å². The minimum Gasteiger partial charge on any atom is -0.494 e. The molecular weight excluding hydrogens is 436 g/mol. The Bertz CT molecular complexity index is 957. The first-order valence-electron chi connectivity index (χ1n) is 8.94. The molecule has 30 heavy (non-hydrogen) atoms. The first-order chi connectivity index (χ1) is 14.0. The van der Waals surface area contributed by atoms with E-state index in [9.17, 15) is 21.6 Å². The van der Waals surface area contributed by atoms with Gasteiger partial charge in [0.2, 0.25) is 0 Å². The third kappa shape index (κ3) is 8.91. The average Bonchev–Trinajstić information content (AvgIpc) is 2.68. The molecule has 0 amide bonds. The maximum Gasteiger partial charge on any atom is 0.264 e. The summed E-state index contributed by atoms with van der Waals surface area (Å²) < 4.78 is 70.6. The topological polar surface area (TPSA) is 144 Å². The molecule has 0 heterocycles. The second-order valence-corrected chi connectivity index (χ2v) is 9.50. The number of rotatable bonds is 12. The van der Waals surface area contributed by atoms with E-state index in [2.05, 4.69) is 0 Å². The molecule has 164 valence electrons. The fourth-order valence-electron chi connectivity index (χ4n) is 2.43. The Balaban J connectivity index is 1.85. The highest BCUT2D eigenvalue weighted by atomic mass is 32.2. The van der Waals surface area contributed by atoms with Gasteiger partial charge in [0.05, 0.1) is 24.7 Å². The van der Waals surface area contributed by atoms with Crippen molar-refractivity contribution in [3.8, 4) is 11.5 Å². The molecule has 9 nitrogen and oxygen atoms in total. The van der Waals surface area contributed by atoms with Gasteiger partial charge in [-0.3, -0.25) is 13.9 Å². The van der Waals surface area contributed by atoms with Crippen molar-refractivity contribution >= 4 is 26.0 Å². The molecule has 0 saturated carbocycles. The first kappa shape index (κ1) is 23.8. The molecule has 11 heteroatoms. The predicted molar refractivity (Wildman–Crippen MR) is 109 cm³/mol. The van der Waals surface area contributed by atoms with Crippen LogP contribution in [0.1, 0.15) is 28.8 Å². The van der Waals surface area contributed by atoms with Gasteiger partial charge in [0.15, 0.2) is 5.78 Å². The average molecular weight is 459 g/mol. The molecule has 2 aromatic rings. The lowest BCUT2D eigenvalue weighted by molar-refractivity contribution is 0.103. The number of ketones is 1. The summed E-state index contributed by atoms with van der Waals surface area (Å²) in [6, 6.07) is 12.7. The smallest absolute Gasteiger partial charge is 0.264 e. The van der Waals surface area contributed by atoms with Gasteiger partial charge in [-0.15, -0.1) is 0 Å². The van der Waals surface area contributed by atoms with E-state index < -0.39 is 20.2 Å². The van der Waals surface area contributed by atoms with E-state index in [-0.39, 0.29) is 43.3 Å². The monoisotopic (exact) mass is 458 g/mol. The fraction of sp³-hybridized carbons (Fsp3) is 0.316. The summed E-state index contributed by atoms with van der Waals surface area (Å²) in [6.07, 6.45) is 0.285. The molecule has 0 aliphatic heterocycles. The third-order valence-electron chi connectivity index (χ3n) is 3.86. The molecule has 2 aromatic carbocycles. The van der Waals surface area contributed by atoms with Crippen molar-refractivity contribution in [2.24, 2.45) is 0 Å². The Kier molecular flexibility index (Phi) is 8.35. The zero-order valence-corrected chi connectivity index (χ0v) is 17.6. The molecule has 0 saturated heterocycles. The van der Waals surface area contributed by atoms with Crippen LogP contribution in [-0.4, -0.2) is 56.4 Å². The number of hydrogen-bond donors (Lipinski definition) is 2. The van der Waals surface area contributed by atoms with Gasteiger partial charge < -0.3 is 9.47 Å². The van der Waals surface area contributed by atoms with Crippen LogP contribution in [-0.2, 0) is 20.2 Å². The number of ether oxygens (including phenoxy) is 2. The highest BCUT2D eigenvalue weighted by Crippen LogP contribution is 2.18. The second-order valence-electron chi connectivity index (χ2n) is 6.35. The van der Waals surface area contributed by atoms with Crippen molar-refractivity contribution in [3.05, 3.63) is 59.7 Å². The molecular formula is C19H22O9S2. The number of carbonyl (C=O) groups is 1. The van der Waals surface area contributed by atoms with Crippen molar-refractivity contribution in [3.63, 3.8) is 0 Å². The van der Waals surface area contributed by atoms with E-state index in [1.54, 1.807) is 48.5 Å². The third-order valence-corrected chi connectivity index (χ3v) is 5.47. The van der Waals surface area contributed by atoms with Crippen LogP contribution in [0.4, 0.5) is 0 Å². The molecule has 0 aliphatic carbocycles. The van der Waals surface area contributed by atoms with Crippen LogP contribution < -0.4 is 9.47 Å². The van der Waals surface area contributed by atoms with E-state index in [1.165, 1.54) is 0 Å². The predicted octanol–water partition coefficient (Wildman–Crippen LogP) is 2.23. The van der Waals surface area contributed by atoms with E-state index in [0.29, 0.717) is 22.6 Å². The second kappa shape index (κ2) is 10.5. The van der Waals surface area contributed by atoms with E-state index in [1.807, 2.05) is 0 Å². The van der Waals surface area contributed by atoms with Gasteiger partial charge in [0.25, 0.3) is 20.2 Å². The molecule has 0 bridgehead atoms. The lowest BCUT2D eigenvalue weighted by atomic mass is 10.0. The van der Waals surface area contributed by atoms with Gasteiger partial charge in [-0.2, -0.15) is 16.8 Å². The van der Waals surface area contributed by atoms with Gasteiger partial charge in [-0.05, 0) is 61.4 Å². The summed E-state index contributed by atoms with van der Waals surface area (Å²) in [6.45, 7) is 0.220. The van der Waals surface area contributed by atoms with Gasteiger partial charge in [0, 0.05) is 11.1 Å². The van der Waals surface area contributed by atoms with Crippen LogP contribution >= 0.6 is 0 Å². The molecule has 0 radical (unpaired) electrons. The highest BCUT2D eigenvalue weighted by Gasteiger charge is 2.10. The summed E-state index contributed by atoms with van der Waals surface area (Å²) in [5.74, 6) is -0.0509. The summed E-state index contributed by atoms with van der Waals surface area (Å²) in [5, 5.41) is 0. The van der Waals surface area contributed by atoms with Gasteiger partial charge >= 0.3 is 0 Å². The lowest BCUT2D eigenvalue weighted by Crippen LogP contribution is -2.09. The van der Waals surface area contributed by atoms with Crippen LogP contribution in [0.5, 0.6) is 11.5 Å². The van der Waals surface area contributed by atoms with Crippen LogP contribution in [0.2, 0.25) is 0 Å². The number of carbonyl (C=O) groups excluding carboxylic acids is 1. The van der Waals surface area contributed by atoms with Gasteiger partial charge in [-0.1, -0.05) is 0 Å². The first-order valence-corrected chi connectivity index (χ1v) is 12.2. The Morgan fingerprint density at radius 3 is 1.30 bits per heavy atom. The summed E-state index contributed by atoms with van der Waals surface area (Å²) in [5.41, 5.74) is 0.865. The van der Waals surface area contributed by atoms with Crippen molar-refractivity contribution in [2.45, 2.75) is 12.8 Å². The zero-order chi connectivity index (χ0) is 22.2. The quantitative estimate of drug-likeness (QED) is 0.278. The summed E-state index contributed by atoms with van der Waals surface area (Å²) in [4.78, 5) is 12.5. The van der Waals surface area contributed by atoms with E-state index >= 15 is 0 Å². The maximum absolute atomic E-state index is 12.5. The van der Waals surface area contributed by atoms with Crippen molar-refractivity contribution < 1.29 is 40.2 Å². The van der Waals surface area contributed by atoms with Gasteiger partial charge in [0.1, 0.15) is 11.5 Å². The Morgan fingerprint density at radius 2 is 1.00 bits per heavy atom.